The highest BCUT2D eigenvalue weighted by Gasteiger charge is 1.67. The Balaban J connectivity index is 3.06. The molecule has 0 aromatic carbocycles. The van der Waals surface area contributed by atoms with E-state index in [9.17, 15) is 0 Å². The fraction of sp³-hybridized carbons (Fsp3) is 0.167. The first-order valence-electron chi connectivity index (χ1n) is 2.19. The van der Waals surface area contributed by atoms with Crippen molar-refractivity contribution in [1.29, 1.82) is 5.26 Å². The van der Waals surface area contributed by atoms with Crippen molar-refractivity contribution in [3.63, 3.8) is 0 Å². The highest BCUT2D eigenvalue weighted by atomic mass is 16.5. The predicted molar refractivity (Wildman–Crippen MR) is 30.9 cm³/mol. The molecule has 2 heteroatoms. The van der Waals surface area contributed by atoms with Crippen molar-refractivity contribution >= 4 is 0 Å². The van der Waals surface area contributed by atoms with Gasteiger partial charge in [-0.2, -0.15) is 5.26 Å². The molecule has 0 heterocycles. The molecule has 0 rings (SSSR count). The summed E-state index contributed by atoms with van der Waals surface area (Å²) in [5.74, 6) is 0. The molecule has 0 saturated heterocycles. The van der Waals surface area contributed by atoms with Crippen LogP contribution in [0.4, 0.5) is 0 Å². The van der Waals surface area contributed by atoms with Gasteiger partial charge in [0.15, 0.2) is 0 Å². The van der Waals surface area contributed by atoms with Crippen molar-refractivity contribution in [2.45, 2.75) is 0 Å². The van der Waals surface area contributed by atoms with Crippen LogP contribution in [0.1, 0.15) is 0 Å². The molecular weight excluding hydrogens is 102 g/mol. The zero-order chi connectivity index (χ0) is 6.24. The van der Waals surface area contributed by atoms with Crippen molar-refractivity contribution in [1.82, 2.24) is 0 Å². The molecule has 42 valence electrons. The number of hydrogen-bond acceptors (Lipinski definition) is 2. The van der Waals surface area contributed by atoms with E-state index in [0.29, 0.717) is 6.61 Å². The van der Waals surface area contributed by atoms with Crippen LogP contribution >= 0.6 is 0 Å². The first-order chi connectivity index (χ1) is 3.91. The summed E-state index contributed by atoms with van der Waals surface area (Å²) in [6.07, 6.45) is 4.31. The van der Waals surface area contributed by atoms with Crippen LogP contribution in [0.2, 0.25) is 0 Å². The van der Waals surface area contributed by atoms with Crippen molar-refractivity contribution in [2.75, 3.05) is 6.61 Å². The van der Waals surface area contributed by atoms with E-state index in [1.165, 1.54) is 12.3 Å². The maximum absolute atomic E-state index is 7.95. The van der Waals surface area contributed by atoms with Gasteiger partial charge in [-0.1, -0.05) is 6.58 Å². The summed E-state index contributed by atoms with van der Waals surface area (Å²) >= 11 is 0. The Labute approximate surface area is 48.7 Å². The number of allylic oxidation sites excluding steroid dienone is 1. The summed E-state index contributed by atoms with van der Waals surface area (Å²) in [5, 5.41) is 7.95. The quantitative estimate of drug-likeness (QED) is 0.310. The smallest absolute Gasteiger partial charge is 0.106 e. The Kier molecular flexibility index (Phi) is 4.88. The minimum absolute atomic E-state index is 0.428. The van der Waals surface area contributed by atoms with Gasteiger partial charge in [0.2, 0.25) is 0 Å². The van der Waals surface area contributed by atoms with Gasteiger partial charge < -0.3 is 4.74 Å². The van der Waals surface area contributed by atoms with Gasteiger partial charge in [-0.3, -0.25) is 0 Å². The molecule has 0 saturated carbocycles. The third-order valence-corrected chi connectivity index (χ3v) is 0.503. The van der Waals surface area contributed by atoms with Gasteiger partial charge in [0.05, 0.1) is 12.3 Å². The molecule has 0 aliphatic carbocycles. The third-order valence-electron chi connectivity index (χ3n) is 0.503. The summed E-state index contributed by atoms with van der Waals surface area (Å²) in [5.41, 5.74) is 0. The lowest BCUT2D eigenvalue weighted by molar-refractivity contribution is 0.291. The molecule has 0 bridgehead atoms. The number of nitrogens with zero attached hydrogens (tertiary/aromatic N) is 1. The largest absolute Gasteiger partial charge is 0.498 e. The lowest BCUT2D eigenvalue weighted by atomic mass is 10.5. The maximum Gasteiger partial charge on any atom is 0.106 e. The zero-order valence-corrected chi connectivity index (χ0v) is 4.50. The van der Waals surface area contributed by atoms with Crippen molar-refractivity contribution in [2.24, 2.45) is 0 Å². The Morgan fingerprint density at radius 2 is 2.50 bits per heavy atom. The molecule has 0 radical (unpaired) electrons. The summed E-state index contributed by atoms with van der Waals surface area (Å²) in [6.45, 7) is 3.75. The minimum atomic E-state index is 0.428. The second-order valence-electron chi connectivity index (χ2n) is 1.03. The number of rotatable bonds is 3. The SMILES string of the molecule is C=COC/C=C/C#N. The zero-order valence-electron chi connectivity index (χ0n) is 4.50. The first-order valence-corrected chi connectivity index (χ1v) is 2.19. The molecule has 0 aliphatic rings. The molecule has 8 heavy (non-hydrogen) atoms. The topological polar surface area (TPSA) is 33.0 Å². The van der Waals surface area contributed by atoms with E-state index in [0.717, 1.165) is 0 Å². The fourth-order valence-corrected chi connectivity index (χ4v) is 0.224. The van der Waals surface area contributed by atoms with E-state index in [4.69, 9.17) is 5.26 Å². The third kappa shape index (κ3) is 4.77. The van der Waals surface area contributed by atoms with E-state index in [-0.39, 0.29) is 0 Å². The fourth-order valence-electron chi connectivity index (χ4n) is 0.224. The lowest BCUT2D eigenvalue weighted by Crippen LogP contribution is -1.77. The van der Waals surface area contributed by atoms with Gasteiger partial charge in [0.1, 0.15) is 6.61 Å². The van der Waals surface area contributed by atoms with Crippen LogP contribution < -0.4 is 0 Å². The molecular formula is C6H7NO. The molecule has 2 nitrogen and oxygen atoms in total. The molecule has 0 aliphatic heterocycles. The summed E-state index contributed by atoms with van der Waals surface area (Å²) in [4.78, 5) is 0. The number of ether oxygens (including phenoxy) is 1. The maximum atomic E-state index is 7.95. The van der Waals surface area contributed by atoms with Gasteiger partial charge in [-0.25, -0.2) is 0 Å². The highest BCUT2D eigenvalue weighted by molar-refractivity contribution is 5.01. The number of nitriles is 1. The van der Waals surface area contributed by atoms with Crippen LogP contribution in [0, 0.1) is 11.3 Å². The molecule has 0 aromatic heterocycles. The van der Waals surface area contributed by atoms with E-state index < -0.39 is 0 Å². The normalized spacial score (nSPS) is 8.38. The lowest BCUT2D eigenvalue weighted by Gasteiger charge is -1.87. The predicted octanol–water partition coefficient (Wildman–Crippen LogP) is 1.23. The average Bonchev–Trinajstić information content (AvgIpc) is 1.81. The Morgan fingerprint density at radius 3 is 3.00 bits per heavy atom. The molecule has 0 aromatic rings. The Bertz CT molecular complexity index is 121. The standard InChI is InChI=1S/C6H7NO/c1-2-8-6-4-3-5-7/h2-4H,1,6H2/b4-3+. The Hall–Kier alpha value is -1.23. The molecule has 0 fully saturated rings. The van der Waals surface area contributed by atoms with Crippen LogP contribution in [0.15, 0.2) is 25.0 Å². The van der Waals surface area contributed by atoms with Gasteiger partial charge in [-0.15, -0.1) is 0 Å². The Morgan fingerprint density at radius 1 is 1.75 bits per heavy atom. The summed E-state index contributed by atoms with van der Waals surface area (Å²) in [7, 11) is 0. The summed E-state index contributed by atoms with van der Waals surface area (Å²) < 4.78 is 4.66. The number of hydrogen-bond donors (Lipinski definition) is 0. The van der Waals surface area contributed by atoms with E-state index >= 15 is 0 Å². The van der Waals surface area contributed by atoms with Crippen LogP contribution in [0.25, 0.3) is 0 Å². The van der Waals surface area contributed by atoms with E-state index in [1.807, 2.05) is 6.07 Å². The van der Waals surface area contributed by atoms with Gasteiger partial charge >= 0.3 is 0 Å². The molecule has 0 atom stereocenters. The molecule has 0 N–H and O–H groups in total. The van der Waals surface area contributed by atoms with Crippen LogP contribution in [0.5, 0.6) is 0 Å². The average molecular weight is 109 g/mol. The molecule has 0 unspecified atom stereocenters. The second kappa shape index (κ2) is 5.77. The molecule has 0 spiro atoms. The van der Waals surface area contributed by atoms with E-state index in [2.05, 4.69) is 11.3 Å². The van der Waals surface area contributed by atoms with Crippen molar-refractivity contribution in [3.8, 4) is 6.07 Å². The van der Waals surface area contributed by atoms with Gasteiger partial charge in [-0.05, 0) is 6.08 Å². The monoisotopic (exact) mass is 109 g/mol. The van der Waals surface area contributed by atoms with Gasteiger partial charge in [0.25, 0.3) is 0 Å². The summed E-state index contributed by atoms with van der Waals surface area (Å²) in [6, 6.07) is 1.83. The molecule has 0 amide bonds. The van der Waals surface area contributed by atoms with Crippen LogP contribution in [0.3, 0.4) is 0 Å². The first kappa shape index (κ1) is 6.77. The van der Waals surface area contributed by atoms with Crippen molar-refractivity contribution in [3.05, 3.63) is 25.0 Å². The van der Waals surface area contributed by atoms with E-state index in [1.54, 1.807) is 6.08 Å². The highest BCUT2D eigenvalue weighted by Crippen LogP contribution is 1.74. The minimum Gasteiger partial charge on any atom is -0.498 e. The van der Waals surface area contributed by atoms with Crippen LogP contribution in [-0.2, 0) is 4.74 Å². The van der Waals surface area contributed by atoms with Crippen LogP contribution in [-0.4, -0.2) is 6.61 Å². The van der Waals surface area contributed by atoms with Gasteiger partial charge in [0, 0.05) is 6.08 Å². The second-order valence-corrected chi connectivity index (χ2v) is 1.03. The van der Waals surface area contributed by atoms with Crippen molar-refractivity contribution < 1.29 is 4.74 Å².